The molecule has 3 heteroatoms. The quantitative estimate of drug-likeness (QED) is 0.509. The summed E-state index contributed by atoms with van der Waals surface area (Å²) >= 11 is 0. The van der Waals surface area contributed by atoms with Crippen LogP contribution in [0.5, 0.6) is 0 Å². The van der Waals surface area contributed by atoms with E-state index < -0.39 is 0 Å². The number of rotatable bonds is 0. The lowest BCUT2D eigenvalue weighted by Crippen LogP contribution is -2.40. The second-order valence-corrected chi connectivity index (χ2v) is 4.11. The minimum Gasteiger partial charge on any atom is -0.369 e. The highest BCUT2D eigenvalue weighted by Crippen LogP contribution is 2.48. The van der Waals surface area contributed by atoms with Gasteiger partial charge in [0.2, 0.25) is 0 Å². The van der Waals surface area contributed by atoms with Crippen molar-refractivity contribution in [3.05, 3.63) is 0 Å². The second kappa shape index (κ2) is 2.22. The summed E-state index contributed by atoms with van der Waals surface area (Å²) in [5.41, 5.74) is 0.155. The first-order chi connectivity index (χ1) is 5.83. The molecular weight excluding hydrogens is 156 g/mol. The third kappa shape index (κ3) is 1.00. The van der Waals surface area contributed by atoms with E-state index >= 15 is 0 Å². The molecule has 2 aliphatic heterocycles. The van der Waals surface area contributed by atoms with E-state index in [1.807, 2.05) is 0 Å². The zero-order valence-corrected chi connectivity index (χ0v) is 7.17. The summed E-state index contributed by atoms with van der Waals surface area (Å²) in [4.78, 5) is 0. The molecule has 0 aromatic heterocycles. The van der Waals surface area contributed by atoms with Gasteiger partial charge in [0.05, 0.1) is 25.4 Å². The van der Waals surface area contributed by atoms with Crippen molar-refractivity contribution >= 4 is 0 Å². The highest BCUT2D eigenvalue weighted by molar-refractivity contribution is 5.01. The molecule has 1 unspecified atom stereocenters. The van der Waals surface area contributed by atoms with Crippen LogP contribution in [-0.2, 0) is 14.2 Å². The summed E-state index contributed by atoms with van der Waals surface area (Å²) in [7, 11) is 0. The molecule has 2 saturated heterocycles. The maximum Gasteiger partial charge on any atom is 0.171 e. The van der Waals surface area contributed by atoms with Gasteiger partial charge in [-0.15, -0.1) is 0 Å². The molecule has 1 atom stereocenters. The molecule has 3 fully saturated rings. The maximum absolute atomic E-state index is 5.65. The Balaban J connectivity index is 1.78. The first-order valence-electron chi connectivity index (χ1n) is 4.75. The summed E-state index contributed by atoms with van der Waals surface area (Å²) < 4.78 is 16.8. The lowest BCUT2D eigenvalue weighted by molar-refractivity contribution is -0.189. The smallest absolute Gasteiger partial charge is 0.171 e. The Morgan fingerprint density at radius 2 is 1.67 bits per heavy atom. The van der Waals surface area contributed by atoms with E-state index in [2.05, 4.69) is 0 Å². The fraction of sp³-hybridized carbons (Fsp3) is 1.00. The molecule has 1 aliphatic carbocycles. The van der Waals surface area contributed by atoms with Crippen molar-refractivity contribution in [1.29, 1.82) is 0 Å². The predicted octanol–water partition coefficient (Wildman–Crippen LogP) is 1.07. The number of hydrogen-bond acceptors (Lipinski definition) is 3. The molecule has 0 amide bonds. The molecule has 1 saturated carbocycles. The zero-order valence-electron chi connectivity index (χ0n) is 7.17. The van der Waals surface area contributed by atoms with Crippen LogP contribution in [0.15, 0.2) is 0 Å². The van der Waals surface area contributed by atoms with E-state index in [1.165, 1.54) is 12.8 Å². The van der Waals surface area contributed by atoms with Gasteiger partial charge in [0.1, 0.15) is 0 Å². The fourth-order valence-electron chi connectivity index (χ4n) is 2.44. The van der Waals surface area contributed by atoms with Gasteiger partial charge in [0.15, 0.2) is 5.79 Å². The van der Waals surface area contributed by atoms with Gasteiger partial charge in [-0.1, -0.05) is 0 Å². The Kier molecular flexibility index (Phi) is 1.35. The third-order valence-electron chi connectivity index (χ3n) is 3.15. The van der Waals surface area contributed by atoms with E-state index in [0.717, 1.165) is 32.7 Å². The standard InChI is InChI=1S/C9H14O3/c1-2-8(7-12-8)6-9(3-1)10-4-5-11-9/h1-7H2. The average molecular weight is 170 g/mol. The Morgan fingerprint density at radius 3 is 2.33 bits per heavy atom. The van der Waals surface area contributed by atoms with Crippen molar-refractivity contribution in [1.82, 2.24) is 0 Å². The van der Waals surface area contributed by atoms with Crippen LogP contribution < -0.4 is 0 Å². The Labute approximate surface area is 72.0 Å². The van der Waals surface area contributed by atoms with E-state index in [0.29, 0.717) is 0 Å². The molecule has 2 heterocycles. The van der Waals surface area contributed by atoms with Gasteiger partial charge in [0, 0.05) is 12.8 Å². The molecule has 3 aliphatic rings. The molecule has 0 bridgehead atoms. The Hall–Kier alpha value is -0.120. The highest BCUT2D eigenvalue weighted by Gasteiger charge is 2.55. The van der Waals surface area contributed by atoms with Crippen LogP contribution in [0, 0.1) is 0 Å². The molecule has 2 spiro atoms. The minimum absolute atomic E-state index is 0.155. The normalized spacial score (nSPS) is 44.0. The largest absolute Gasteiger partial charge is 0.369 e. The fourth-order valence-corrected chi connectivity index (χ4v) is 2.44. The monoisotopic (exact) mass is 170 g/mol. The van der Waals surface area contributed by atoms with Crippen LogP contribution >= 0.6 is 0 Å². The lowest BCUT2D eigenvalue weighted by Gasteiger charge is -2.34. The van der Waals surface area contributed by atoms with Crippen molar-refractivity contribution in [2.75, 3.05) is 19.8 Å². The lowest BCUT2D eigenvalue weighted by atomic mass is 9.85. The molecular formula is C9H14O3. The van der Waals surface area contributed by atoms with E-state index in [4.69, 9.17) is 14.2 Å². The van der Waals surface area contributed by atoms with Gasteiger partial charge in [-0.25, -0.2) is 0 Å². The molecule has 68 valence electrons. The van der Waals surface area contributed by atoms with Crippen molar-refractivity contribution < 1.29 is 14.2 Å². The van der Waals surface area contributed by atoms with Crippen molar-refractivity contribution in [2.45, 2.75) is 37.1 Å². The third-order valence-corrected chi connectivity index (χ3v) is 3.15. The van der Waals surface area contributed by atoms with Gasteiger partial charge in [-0.05, 0) is 12.8 Å². The molecule has 0 N–H and O–H groups in total. The molecule has 12 heavy (non-hydrogen) atoms. The van der Waals surface area contributed by atoms with Crippen molar-refractivity contribution in [2.24, 2.45) is 0 Å². The van der Waals surface area contributed by atoms with Crippen molar-refractivity contribution in [3.63, 3.8) is 0 Å². The first-order valence-corrected chi connectivity index (χ1v) is 4.75. The number of epoxide rings is 1. The van der Waals surface area contributed by atoms with E-state index in [9.17, 15) is 0 Å². The molecule has 0 radical (unpaired) electrons. The Bertz CT molecular complexity index is 192. The molecule has 0 aromatic rings. The van der Waals surface area contributed by atoms with Gasteiger partial charge in [0.25, 0.3) is 0 Å². The Morgan fingerprint density at radius 1 is 0.917 bits per heavy atom. The molecule has 3 nitrogen and oxygen atoms in total. The summed E-state index contributed by atoms with van der Waals surface area (Å²) in [6.07, 6.45) is 4.39. The van der Waals surface area contributed by atoms with Gasteiger partial charge < -0.3 is 14.2 Å². The minimum atomic E-state index is -0.255. The zero-order chi connectivity index (χ0) is 8.07. The average Bonchev–Trinajstić information content (AvgIpc) is 2.63. The SMILES string of the molecule is C1CC2(CO2)CC2(C1)OCCO2. The van der Waals surface area contributed by atoms with E-state index in [-0.39, 0.29) is 11.4 Å². The predicted molar refractivity (Wildman–Crippen MR) is 41.8 cm³/mol. The van der Waals surface area contributed by atoms with Crippen molar-refractivity contribution in [3.8, 4) is 0 Å². The van der Waals surface area contributed by atoms with Gasteiger partial charge in [-0.3, -0.25) is 0 Å². The highest BCUT2D eigenvalue weighted by atomic mass is 16.7. The second-order valence-electron chi connectivity index (χ2n) is 4.11. The number of ether oxygens (including phenoxy) is 3. The summed E-state index contributed by atoms with van der Waals surface area (Å²) in [6, 6.07) is 0. The number of hydrogen-bond donors (Lipinski definition) is 0. The molecule has 3 rings (SSSR count). The van der Waals surface area contributed by atoms with Crippen LogP contribution in [0.2, 0.25) is 0 Å². The summed E-state index contributed by atoms with van der Waals surface area (Å²) in [5, 5.41) is 0. The van der Waals surface area contributed by atoms with Crippen LogP contribution in [0.25, 0.3) is 0 Å². The van der Waals surface area contributed by atoms with Gasteiger partial charge in [-0.2, -0.15) is 0 Å². The molecule has 0 aromatic carbocycles. The maximum atomic E-state index is 5.65. The van der Waals surface area contributed by atoms with Crippen LogP contribution in [-0.4, -0.2) is 31.2 Å². The van der Waals surface area contributed by atoms with E-state index in [1.54, 1.807) is 0 Å². The first kappa shape index (κ1) is 7.30. The van der Waals surface area contributed by atoms with Crippen LogP contribution in [0.4, 0.5) is 0 Å². The topological polar surface area (TPSA) is 31.0 Å². The van der Waals surface area contributed by atoms with Crippen LogP contribution in [0.3, 0.4) is 0 Å². The van der Waals surface area contributed by atoms with Crippen LogP contribution in [0.1, 0.15) is 25.7 Å². The van der Waals surface area contributed by atoms with Gasteiger partial charge >= 0.3 is 0 Å². The summed E-state index contributed by atoms with van der Waals surface area (Å²) in [5.74, 6) is -0.255. The summed E-state index contributed by atoms with van der Waals surface area (Å²) in [6.45, 7) is 2.44.